The molecular formula is C14H16F3NO2. The molecule has 1 amide bonds. The molecule has 0 saturated heterocycles. The summed E-state index contributed by atoms with van der Waals surface area (Å²) in [5.41, 5.74) is 0.974. The number of alkyl halides is 3. The standard InChI is InChI=1S/C14H16F3NO2/c15-14(16,17)9-18(6-7-19)13(20)12-8-11(12)10-4-2-1-3-5-10/h1-5,11-12,19H,6-9H2. The van der Waals surface area contributed by atoms with Crippen LogP contribution in [0.5, 0.6) is 0 Å². The summed E-state index contributed by atoms with van der Waals surface area (Å²) >= 11 is 0. The number of aliphatic hydroxyl groups is 1. The number of nitrogens with zero attached hydrogens (tertiary/aromatic N) is 1. The molecule has 110 valence electrons. The van der Waals surface area contributed by atoms with E-state index in [0.717, 1.165) is 5.56 Å². The number of aliphatic hydroxyl groups excluding tert-OH is 1. The Balaban J connectivity index is 2.00. The molecule has 1 aliphatic rings. The largest absolute Gasteiger partial charge is 0.406 e. The predicted molar refractivity (Wildman–Crippen MR) is 67.0 cm³/mol. The van der Waals surface area contributed by atoms with E-state index in [9.17, 15) is 18.0 Å². The van der Waals surface area contributed by atoms with Gasteiger partial charge < -0.3 is 10.0 Å². The van der Waals surface area contributed by atoms with Crippen LogP contribution in [-0.4, -0.2) is 41.8 Å². The molecule has 0 spiro atoms. The molecule has 1 aliphatic carbocycles. The van der Waals surface area contributed by atoms with Gasteiger partial charge in [-0.3, -0.25) is 4.79 Å². The average molecular weight is 287 g/mol. The van der Waals surface area contributed by atoms with E-state index in [0.29, 0.717) is 11.3 Å². The molecule has 1 fully saturated rings. The maximum atomic E-state index is 12.4. The summed E-state index contributed by atoms with van der Waals surface area (Å²) in [7, 11) is 0. The fraction of sp³-hybridized carbons (Fsp3) is 0.500. The van der Waals surface area contributed by atoms with Gasteiger partial charge in [0.2, 0.25) is 5.91 Å². The highest BCUT2D eigenvalue weighted by atomic mass is 19.4. The summed E-state index contributed by atoms with van der Waals surface area (Å²) in [4.78, 5) is 12.8. The number of hydrogen-bond donors (Lipinski definition) is 1. The smallest absolute Gasteiger partial charge is 0.395 e. The van der Waals surface area contributed by atoms with Gasteiger partial charge in [0, 0.05) is 12.5 Å². The van der Waals surface area contributed by atoms with E-state index >= 15 is 0 Å². The molecule has 1 saturated carbocycles. The molecule has 2 unspecified atom stereocenters. The van der Waals surface area contributed by atoms with Crippen molar-refractivity contribution in [2.24, 2.45) is 5.92 Å². The first-order chi connectivity index (χ1) is 9.42. The van der Waals surface area contributed by atoms with E-state index in [1.807, 2.05) is 30.3 Å². The minimum atomic E-state index is -4.44. The summed E-state index contributed by atoms with van der Waals surface area (Å²) in [6.45, 7) is -2.05. The Labute approximate surface area is 115 Å². The number of amides is 1. The van der Waals surface area contributed by atoms with Crippen molar-refractivity contribution in [3.05, 3.63) is 35.9 Å². The Morgan fingerprint density at radius 1 is 1.30 bits per heavy atom. The summed E-state index contributed by atoms with van der Waals surface area (Å²) in [5.74, 6) is -0.922. The van der Waals surface area contributed by atoms with Gasteiger partial charge in [0.15, 0.2) is 0 Å². The molecule has 6 heteroatoms. The molecule has 3 nitrogen and oxygen atoms in total. The van der Waals surface area contributed by atoms with Crippen molar-refractivity contribution in [2.75, 3.05) is 19.7 Å². The highest BCUT2D eigenvalue weighted by molar-refractivity contribution is 5.83. The Kier molecular flexibility index (Phi) is 4.32. The van der Waals surface area contributed by atoms with Crippen LogP contribution in [0.25, 0.3) is 0 Å². The zero-order valence-electron chi connectivity index (χ0n) is 10.8. The molecule has 0 bridgehead atoms. The van der Waals surface area contributed by atoms with Crippen LogP contribution in [0.1, 0.15) is 17.9 Å². The lowest BCUT2D eigenvalue weighted by atomic mass is 10.1. The van der Waals surface area contributed by atoms with Crippen molar-refractivity contribution in [3.63, 3.8) is 0 Å². The second-order valence-electron chi connectivity index (χ2n) is 4.96. The van der Waals surface area contributed by atoms with E-state index < -0.39 is 31.2 Å². The Morgan fingerprint density at radius 3 is 2.50 bits per heavy atom. The molecule has 1 aromatic rings. The number of carbonyl (C=O) groups is 1. The predicted octanol–water partition coefficient (Wildman–Crippen LogP) is 2.17. The Morgan fingerprint density at radius 2 is 1.95 bits per heavy atom. The van der Waals surface area contributed by atoms with E-state index in [4.69, 9.17) is 5.11 Å². The van der Waals surface area contributed by atoms with Crippen LogP contribution >= 0.6 is 0 Å². The monoisotopic (exact) mass is 287 g/mol. The maximum absolute atomic E-state index is 12.4. The van der Waals surface area contributed by atoms with Gasteiger partial charge in [0.1, 0.15) is 6.54 Å². The lowest BCUT2D eigenvalue weighted by Crippen LogP contribution is -2.41. The van der Waals surface area contributed by atoms with Crippen molar-refractivity contribution < 1.29 is 23.1 Å². The van der Waals surface area contributed by atoms with Gasteiger partial charge in [-0.15, -0.1) is 0 Å². The summed E-state index contributed by atoms with van der Waals surface area (Å²) in [6.07, 6.45) is -3.87. The summed E-state index contributed by atoms with van der Waals surface area (Å²) in [6, 6.07) is 9.29. The zero-order chi connectivity index (χ0) is 14.8. The number of benzene rings is 1. The van der Waals surface area contributed by atoms with Gasteiger partial charge in [-0.2, -0.15) is 13.2 Å². The van der Waals surface area contributed by atoms with Crippen molar-refractivity contribution in [1.29, 1.82) is 0 Å². The van der Waals surface area contributed by atoms with Crippen LogP contribution in [0.15, 0.2) is 30.3 Å². The van der Waals surface area contributed by atoms with Gasteiger partial charge in [-0.25, -0.2) is 0 Å². The van der Waals surface area contributed by atoms with E-state index in [2.05, 4.69) is 0 Å². The minimum Gasteiger partial charge on any atom is -0.395 e. The van der Waals surface area contributed by atoms with Gasteiger partial charge >= 0.3 is 6.18 Å². The van der Waals surface area contributed by atoms with Gasteiger partial charge in [-0.05, 0) is 17.9 Å². The summed E-state index contributed by atoms with van der Waals surface area (Å²) < 4.78 is 37.3. The van der Waals surface area contributed by atoms with Crippen LogP contribution in [0.3, 0.4) is 0 Å². The molecule has 1 N–H and O–H groups in total. The lowest BCUT2D eigenvalue weighted by molar-refractivity contribution is -0.162. The van der Waals surface area contributed by atoms with Gasteiger partial charge in [-0.1, -0.05) is 30.3 Å². The van der Waals surface area contributed by atoms with Crippen LogP contribution < -0.4 is 0 Å². The second kappa shape index (κ2) is 5.83. The Bertz CT molecular complexity index is 461. The Hall–Kier alpha value is -1.56. The first kappa shape index (κ1) is 14.8. The van der Waals surface area contributed by atoms with Crippen LogP contribution in [0.4, 0.5) is 13.2 Å². The fourth-order valence-corrected chi connectivity index (χ4v) is 2.38. The zero-order valence-corrected chi connectivity index (χ0v) is 10.8. The average Bonchev–Trinajstić information content (AvgIpc) is 3.17. The summed E-state index contributed by atoms with van der Waals surface area (Å²) in [5, 5.41) is 8.81. The molecule has 20 heavy (non-hydrogen) atoms. The number of halogens is 3. The minimum absolute atomic E-state index is 0.00173. The van der Waals surface area contributed by atoms with Crippen molar-refractivity contribution >= 4 is 5.91 Å². The van der Waals surface area contributed by atoms with Crippen LogP contribution in [0.2, 0.25) is 0 Å². The van der Waals surface area contributed by atoms with Crippen LogP contribution in [-0.2, 0) is 4.79 Å². The number of rotatable bonds is 5. The van der Waals surface area contributed by atoms with Crippen molar-refractivity contribution in [2.45, 2.75) is 18.5 Å². The van der Waals surface area contributed by atoms with E-state index in [1.165, 1.54) is 0 Å². The topological polar surface area (TPSA) is 40.5 Å². The first-order valence-electron chi connectivity index (χ1n) is 6.43. The molecule has 0 aromatic heterocycles. The molecular weight excluding hydrogens is 271 g/mol. The highest BCUT2D eigenvalue weighted by Gasteiger charge is 2.47. The third-order valence-corrected chi connectivity index (χ3v) is 3.39. The molecule has 0 radical (unpaired) electrons. The van der Waals surface area contributed by atoms with Gasteiger partial charge in [0.05, 0.1) is 6.61 Å². The molecule has 0 aliphatic heterocycles. The molecule has 1 aromatic carbocycles. The third-order valence-electron chi connectivity index (χ3n) is 3.39. The quantitative estimate of drug-likeness (QED) is 0.901. The number of carbonyl (C=O) groups excluding carboxylic acids is 1. The lowest BCUT2D eigenvalue weighted by Gasteiger charge is -2.23. The van der Waals surface area contributed by atoms with Crippen LogP contribution in [0, 0.1) is 5.92 Å². The second-order valence-corrected chi connectivity index (χ2v) is 4.96. The third kappa shape index (κ3) is 3.72. The van der Waals surface area contributed by atoms with E-state index in [-0.39, 0.29) is 12.5 Å². The SMILES string of the molecule is O=C(C1CC1c1ccccc1)N(CCO)CC(F)(F)F. The number of hydrogen-bond acceptors (Lipinski definition) is 2. The van der Waals surface area contributed by atoms with Gasteiger partial charge in [0.25, 0.3) is 0 Å². The maximum Gasteiger partial charge on any atom is 0.406 e. The normalized spacial score (nSPS) is 21.6. The fourth-order valence-electron chi connectivity index (χ4n) is 2.38. The molecule has 2 rings (SSSR count). The molecule has 0 heterocycles. The van der Waals surface area contributed by atoms with Crippen molar-refractivity contribution in [3.8, 4) is 0 Å². The van der Waals surface area contributed by atoms with Crippen molar-refractivity contribution in [1.82, 2.24) is 4.90 Å². The molecule has 2 atom stereocenters. The first-order valence-corrected chi connectivity index (χ1v) is 6.43. The highest BCUT2D eigenvalue weighted by Crippen LogP contribution is 2.48. The van der Waals surface area contributed by atoms with E-state index in [1.54, 1.807) is 0 Å².